The van der Waals surface area contributed by atoms with E-state index >= 15 is 0 Å². The second kappa shape index (κ2) is 30.5. The number of thiazole rings is 2. The first kappa shape index (κ1) is 70.0. The quantitative estimate of drug-likeness (QED) is 0.0379. The van der Waals surface area contributed by atoms with Crippen LogP contribution in [0.4, 0.5) is 76.1 Å². The van der Waals surface area contributed by atoms with Crippen molar-refractivity contribution in [1.29, 1.82) is 0 Å². The molecule has 0 aliphatic rings. The Morgan fingerprint density at radius 2 is 0.908 bits per heavy atom. The molecule has 0 unspecified atom stereocenters. The van der Waals surface area contributed by atoms with Crippen molar-refractivity contribution in [2.75, 3.05) is 45.1 Å². The number of carbonyl (C=O) groups is 5. The summed E-state index contributed by atoms with van der Waals surface area (Å²) in [6.45, 7) is 10.5. The Hall–Kier alpha value is -9.52. The summed E-state index contributed by atoms with van der Waals surface area (Å²) < 4.78 is 218. The lowest BCUT2D eigenvalue weighted by Gasteiger charge is -2.13. The first-order valence-electron chi connectivity index (χ1n) is 23.6. The molecule has 87 heavy (non-hydrogen) atoms. The van der Waals surface area contributed by atoms with Gasteiger partial charge in [0.05, 0.1) is 57.4 Å². The third-order valence-corrected chi connectivity index (χ3v) is 12.4. The minimum Gasteiger partial charge on any atom is -0.489 e. The molecule has 0 atom stereocenters. The number of methoxy groups -OCH3 is 2. The zero-order chi connectivity index (χ0) is 65.2. The number of aldehydes is 2. The number of ether oxygens (including phenoxy) is 5. The molecule has 0 aliphatic carbocycles. The molecule has 0 aliphatic heterocycles. The molecule has 5 aromatic carbocycles. The molecule has 0 bridgehead atoms. The van der Waals surface area contributed by atoms with E-state index in [2.05, 4.69) is 44.5 Å². The summed E-state index contributed by atoms with van der Waals surface area (Å²) in [7, 11) is 2.17. The van der Waals surface area contributed by atoms with Gasteiger partial charge in [0, 0.05) is 11.1 Å². The Kier molecular flexibility index (Phi) is 24.5. The molecule has 0 fully saturated rings. The van der Waals surface area contributed by atoms with E-state index < -0.39 is 99.1 Å². The molecule has 2 heterocycles. The second-order valence-corrected chi connectivity index (χ2v) is 18.4. The summed E-state index contributed by atoms with van der Waals surface area (Å²) in [4.78, 5) is 65.0. The van der Waals surface area contributed by atoms with Gasteiger partial charge in [0.1, 0.15) is 60.1 Å². The highest BCUT2D eigenvalue weighted by Gasteiger charge is 2.36. The predicted octanol–water partition coefficient (Wildman–Crippen LogP) is 15.2. The molecular formula is C56H41F15N4O10S2. The average Bonchev–Trinajstić information content (AvgIpc) is 1.92. The number of esters is 2. The highest BCUT2D eigenvalue weighted by atomic mass is 32.1. The van der Waals surface area contributed by atoms with Crippen LogP contribution in [0.25, 0.3) is 20.9 Å². The molecule has 7 rings (SSSR count). The number of hydrogen-bond donors (Lipinski definition) is 2. The maximum Gasteiger partial charge on any atom is 0.416 e. The molecule has 31 heteroatoms. The summed E-state index contributed by atoms with van der Waals surface area (Å²) in [5.41, 5.74) is -0.526. The van der Waals surface area contributed by atoms with Crippen LogP contribution >= 0.6 is 22.7 Å². The van der Waals surface area contributed by atoms with Crippen LogP contribution in [0.1, 0.15) is 74.3 Å². The SMILES string of the molecule is C=CCOc1ccc(C(F)(F)F)cc1-c1sc(N)nc1C(=O)OC.C=CCOc1ccc(C(F)(F)F)cc1-c1sc(NC(=O)c2c(F)cccc2F)nc1C(=O)OC.C=CCOc1ccc(C(F)(F)F)cc1C=O.O=Cc1cc(C(F)(F)F)ccc1F. The van der Waals surface area contributed by atoms with Crippen LogP contribution in [0.2, 0.25) is 0 Å². The van der Waals surface area contributed by atoms with Crippen molar-refractivity contribution < 1.29 is 114 Å². The van der Waals surface area contributed by atoms with E-state index in [4.69, 9.17) is 19.9 Å². The number of amides is 1. The summed E-state index contributed by atoms with van der Waals surface area (Å²) in [6, 6.07) is 12.8. The third-order valence-electron chi connectivity index (χ3n) is 10.5. The summed E-state index contributed by atoms with van der Waals surface area (Å²) in [6.07, 6.45) is -13.6. The summed E-state index contributed by atoms with van der Waals surface area (Å²) in [5, 5.41) is 1.87. The number of anilines is 2. The van der Waals surface area contributed by atoms with E-state index in [1.807, 2.05) is 0 Å². The topological polar surface area (TPSA) is 195 Å². The van der Waals surface area contributed by atoms with Crippen LogP contribution in [0.5, 0.6) is 17.2 Å². The Labute approximate surface area is 489 Å². The van der Waals surface area contributed by atoms with Crippen molar-refractivity contribution in [2.24, 2.45) is 0 Å². The van der Waals surface area contributed by atoms with Gasteiger partial charge in [-0.15, -0.1) is 0 Å². The number of benzene rings is 5. The maximum atomic E-state index is 13.9. The zero-order valence-corrected chi connectivity index (χ0v) is 46.0. The smallest absolute Gasteiger partial charge is 0.416 e. The minimum absolute atomic E-state index is 0.0254. The standard InChI is InChI=1S/C22H15F5N2O4S.C15H13F3N2O3S.C11H9F3O2.C8H4F4O/c1-3-9-33-15-8-7-11(22(25,26)27)10-12(15)18-17(20(31)32-2)28-21(34-18)29-19(30)16-13(23)5-4-6-14(16)24;1-3-6-23-10-5-4-8(15(16,17)18)7-9(10)12-11(13(21)22-2)20-14(19)24-12;1-2-5-16-10-4-3-9(11(12,13)14)6-8(10)7-15;9-7-2-1-6(8(10,11)12)3-5(7)4-13/h3-8,10H,1,9H2,2H3,(H,28,29,30);3-5,7H,1,6H2,2H3,(H2,19,20);2-4,6-7H,1,5H2;1-4H. The fourth-order valence-corrected chi connectivity index (χ4v) is 8.45. The van der Waals surface area contributed by atoms with Crippen molar-refractivity contribution in [3.05, 3.63) is 197 Å². The molecule has 0 saturated heterocycles. The molecule has 0 saturated carbocycles. The summed E-state index contributed by atoms with van der Waals surface area (Å²) in [5.74, 6) is -6.02. The number of nitrogens with zero attached hydrogens (tertiary/aromatic N) is 2. The first-order chi connectivity index (χ1) is 40.8. The zero-order valence-electron chi connectivity index (χ0n) is 44.3. The van der Waals surface area contributed by atoms with Crippen LogP contribution in [0.15, 0.2) is 129 Å². The molecule has 0 radical (unpaired) electrons. The molecule has 0 spiro atoms. The van der Waals surface area contributed by atoms with E-state index in [1.165, 1.54) is 24.3 Å². The first-order valence-corrected chi connectivity index (χ1v) is 25.2. The molecule has 2 aromatic heterocycles. The molecule has 3 N–H and O–H groups in total. The lowest BCUT2D eigenvalue weighted by atomic mass is 10.1. The van der Waals surface area contributed by atoms with Gasteiger partial charge in [-0.3, -0.25) is 19.7 Å². The fraction of sp³-hybridized carbons (Fsp3) is 0.161. The number of carbonyl (C=O) groups excluding carboxylic acids is 5. The minimum atomic E-state index is -4.71. The second-order valence-electron chi connectivity index (χ2n) is 16.4. The number of rotatable bonds is 17. The Bertz CT molecular complexity index is 3620. The maximum absolute atomic E-state index is 13.9. The lowest BCUT2D eigenvalue weighted by Crippen LogP contribution is -2.16. The van der Waals surface area contributed by atoms with Gasteiger partial charge < -0.3 is 29.4 Å². The van der Waals surface area contributed by atoms with Gasteiger partial charge >= 0.3 is 36.6 Å². The number of nitrogens with two attached hydrogens (primary N) is 1. The van der Waals surface area contributed by atoms with Crippen LogP contribution in [0.3, 0.4) is 0 Å². The Morgan fingerprint density at radius 1 is 0.529 bits per heavy atom. The van der Waals surface area contributed by atoms with Crippen LogP contribution in [-0.4, -0.2) is 74.4 Å². The van der Waals surface area contributed by atoms with Gasteiger partial charge in [-0.25, -0.2) is 32.7 Å². The van der Waals surface area contributed by atoms with E-state index in [0.29, 0.717) is 35.8 Å². The van der Waals surface area contributed by atoms with Crippen molar-refractivity contribution in [3.8, 4) is 38.1 Å². The number of nitrogen functional groups attached to an aromatic ring is 1. The van der Waals surface area contributed by atoms with Crippen LogP contribution < -0.4 is 25.3 Å². The van der Waals surface area contributed by atoms with Crippen LogP contribution in [-0.2, 0) is 34.2 Å². The number of halogens is 15. The van der Waals surface area contributed by atoms with Gasteiger partial charge in [0.2, 0.25) is 0 Å². The molecular weight excluding hydrogens is 1240 g/mol. The van der Waals surface area contributed by atoms with Crippen LogP contribution in [0, 0.1) is 17.5 Å². The van der Waals surface area contributed by atoms with E-state index in [9.17, 15) is 89.8 Å². The van der Waals surface area contributed by atoms with Gasteiger partial charge in [-0.2, -0.15) is 52.7 Å². The molecule has 1 amide bonds. The van der Waals surface area contributed by atoms with Gasteiger partial charge in [-0.05, 0) is 84.9 Å². The lowest BCUT2D eigenvalue weighted by molar-refractivity contribution is -0.138. The normalized spacial score (nSPS) is 11.1. The molecule has 7 aromatic rings. The largest absolute Gasteiger partial charge is 0.489 e. The van der Waals surface area contributed by atoms with Crippen molar-refractivity contribution in [2.45, 2.75) is 24.7 Å². The number of hydrogen-bond acceptors (Lipinski definition) is 15. The Balaban J connectivity index is 0.000000266. The number of alkyl halides is 12. The number of aromatic nitrogens is 2. The van der Waals surface area contributed by atoms with Gasteiger partial charge in [0.15, 0.2) is 34.2 Å². The molecule has 14 nitrogen and oxygen atoms in total. The summed E-state index contributed by atoms with van der Waals surface area (Å²) >= 11 is 1.47. The van der Waals surface area contributed by atoms with Crippen molar-refractivity contribution in [3.63, 3.8) is 0 Å². The third kappa shape index (κ3) is 19.2. The van der Waals surface area contributed by atoms with E-state index in [1.54, 1.807) is 0 Å². The van der Waals surface area contributed by atoms with E-state index in [0.717, 1.165) is 92.3 Å². The van der Waals surface area contributed by atoms with Crippen molar-refractivity contribution in [1.82, 2.24) is 9.97 Å². The van der Waals surface area contributed by atoms with Gasteiger partial charge in [0.25, 0.3) is 5.91 Å². The number of nitrogens with one attached hydrogen (secondary N) is 1. The predicted molar refractivity (Wildman–Crippen MR) is 287 cm³/mol. The highest BCUT2D eigenvalue weighted by molar-refractivity contribution is 7.19. The van der Waals surface area contributed by atoms with E-state index in [-0.39, 0.29) is 85.8 Å². The molecule has 462 valence electrons. The van der Waals surface area contributed by atoms with Crippen molar-refractivity contribution >= 4 is 63.4 Å². The Morgan fingerprint density at radius 3 is 1.32 bits per heavy atom. The monoisotopic (exact) mass is 1280 g/mol. The van der Waals surface area contributed by atoms with Gasteiger partial charge in [-0.1, -0.05) is 66.7 Å². The fourth-order valence-electron chi connectivity index (χ4n) is 6.64. The average molecular weight is 1280 g/mol. The highest BCUT2D eigenvalue weighted by Crippen LogP contribution is 2.44.